The topological polar surface area (TPSA) is 16.1 Å². The van der Waals surface area contributed by atoms with E-state index in [9.17, 15) is 0 Å². The Kier molecular flexibility index (Phi) is 12.6. The SMILES string of the molecule is C=C/C=c1/c(C2CCCCCCC2)cc(N2CCCC2)n/c1=C/C.CC.CC. The van der Waals surface area contributed by atoms with Crippen LogP contribution in [0.15, 0.2) is 18.7 Å². The molecule has 0 N–H and O–H groups in total. The lowest BCUT2D eigenvalue weighted by Gasteiger charge is -2.23. The van der Waals surface area contributed by atoms with Crippen LogP contribution < -0.4 is 15.5 Å². The van der Waals surface area contributed by atoms with E-state index in [1.54, 1.807) is 0 Å². The summed E-state index contributed by atoms with van der Waals surface area (Å²) in [6.45, 7) is 16.4. The van der Waals surface area contributed by atoms with Crippen LogP contribution >= 0.6 is 0 Å². The highest BCUT2D eigenvalue weighted by atomic mass is 15.2. The van der Waals surface area contributed by atoms with E-state index in [0.29, 0.717) is 5.92 Å². The Balaban J connectivity index is 0.000000921. The van der Waals surface area contributed by atoms with Gasteiger partial charge in [-0.25, -0.2) is 4.98 Å². The highest BCUT2D eigenvalue weighted by Gasteiger charge is 2.19. The molecule has 0 unspecified atom stereocenters. The van der Waals surface area contributed by atoms with E-state index in [4.69, 9.17) is 4.98 Å². The summed E-state index contributed by atoms with van der Waals surface area (Å²) >= 11 is 0. The predicted molar refractivity (Wildman–Crippen MR) is 127 cm³/mol. The molecule has 1 aliphatic carbocycles. The van der Waals surface area contributed by atoms with Gasteiger partial charge in [0.1, 0.15) is 5.82 Å². The summed E-state index contributed by atoms with van der Waals surface area (Å²) in [5, 5.41) is 2.44. The quantitative estimate of drug-likeness (QED) is 0.605. The van der Waals surface area contributed by atoms with Crippen molar-refractivity contribution in [3.8, 4) is 0 Å². The summed E-state index contributed by atoms with van der Waals surface area (Å²) in [7, 11) is 0. The molecular weight excluding hydrogens is 340 g/mol. The van der Waals surface area contributed by atoms with Crippen LogP contribution in [0.4, 0.5) is 5.82 Å². The molecule has 0 atom stereocenters. The van der Waals surface area contributed by atoms with Gasteiger partial charge < -0.3 is 4.90 Å². The van der Waals surface area contributed by atoms with Gasteiger partial charge in [0.15, 0.2) is 0 Å². The first kappa shape index (κ1) is 24.5. The van der Waals surface area contributed by atoms with E-state index in [1.807, 2.05) is 33.8 Å². The minimum atomic E-state index is 0.680. The smallest absolute Gasteiger partial charge is 0.129 e. The number of anilines is 1. The first-order valence-corrected chi connectivity index (χ1v) is 11.9. The Morgan fingerprint density at radius 2 is 1.50 bits per heavy atom. The zero-order chi connectivity index (χ0) is 20.8. The molecule has 3 rings (SSSR count). The van der Waals surface area contributed by atoms with Gasteiger partial charge in [-0.2, -0.15) is 0 Å². The molecular formula is C26H44N2. The third-order valence-corrected chi connectivity index (χ3v) is 5.64. The zero-order valence-corrected chi connectivity index (χ0v) is 19.3. The Morgan fingerprint density at radius 1 is 0.929 bits per heavy atom. The van der Waals surface area contributed by atoms with Crippen molar-refractivity contribution in [1.82, 2.24) is 4.98 Å². The lowest BCUT2D eigenvalue weighted by molar-refractivity contribution is 0.454. The molecule has 0 aromatic carbocycles. The van der Waals surface area contributed by atoms with Crippen molar-refractivity contribution in [2.45, 2.75) is 98.3 Å². The van der Waals surface area contributed by atoms with Gasteiger partial charge in [-0.1, -0.05) is 84.6 Å². The maximum absolute atomic E-state index is 4.98. The van der Waals surface area contributed by atoms with Gasteiger partial charge in [-0.15, -0.1) is 0 Å². The Hall–Kier alpha value is -1.57. The number of rotatable bonds is 3. The summed E-state index contributed by atoms with van der Waals surface area (Å²) in [5.41, 5.74) is 1.52. The molecule has 1 aromatic heterocycles. The van der Waals surface area contributed by atoms with Gasteiger partial charge >= 0.3 is 0 Å². The maximum Gasteiger partial charge on any atom is 0.129 e. The van der Waals surface area contributed by atoms with E-state index in [0.717, 1.165) is 18.4 Å². The largest absolute Gasteiger partial charge is 0.357 e. The fourth-order valence-corrected chi connectivity index (χ4v) is 4.31. The minimum Gasteiger partial charge on any atom is -0.357 e. The summed E-state index contributed by atoms with van der Waals surface area (Å²) in [6, 6.07) is 2.40. The van der Waals surface area contributed by atoms with Crippen LogP contribution in [0.2, 0.25) is 0 Å². The van der Waals surface area contributed by atoms with E-state index >= 15 is 0 Å². The summed E-state index contributed by atoms with van der Waals surface area (Å²) in [6.07, 6.45) is 18.4. The molecule has 1 saturated carbocycles. The second-order valence-corrected chi connectivity index (χ2v) is 7.30. The monoisotopic (exact) mass is 384 g/mol. The zero-order valence-electron chi connectivity index (χ0n) is 19.3. The molecule has 2 aliphatic rings. The third kappa shape index (κ3) is 6.79. The molecule has 0 bridgehead atoms. The van der Waals surface area contributed by atoms with Gasteiger partial charge in [-0.05, 0) is 50.2 Å². The van der Waals surface area contributed by atoms with Crippen LogP contribution in [-0.4, -0.2) is 18.1 Å². The van der Waals surface area contributed by atoms with Gasteiger partial charge in [0.2, 0.25) is 0 Å². The van der Waals surface area contributed by atoms with Crippen molar-refractivity contribution in [2.75, 3.05) is 18.0 Å². The van der Waals surface area contributed by atoms with E-state index < -0.39 is 0 Å². The van der Waals surface area contributed by atoms with Crippen LogP contribution in [-0.2, 0) is 0 Å². The van der Waals surface area contributed by atoms with Crippen LogP contribution in [0.25, 0.3) is 12.2 Å². The van der Waals surface area contributed by atoms with Crippen LogP contribution in [0.5, 0.6) is 0 Å². The fourth-order valence-electron chi connectivity index (χ4n) is 4.31. The number of pyridine rings is 1. The molecule has 1 aliphatic heterocycles. The first-order chi connectivity index (χ1) is 13.8. The number of hydrogen-bond acceptors (Lipinski definition) is 2. The molecule has 1 aromatic rings. The molecule has 28 heavy (non-hydrogen) atoms. The Bertz CT molecular complexity index is 660. The number of aromatic nitrogens is 1. The van der Waals surface area contributed by atoms with Crippen molar-refractivity contribution in [1.29, 1.82) is 0 Å². The van der Waals surface area contributed by atoms with Gasteiger partial charge in [0.25, 0.3) is 0 Å². The standard InChI is InChI=1S/C22H32N2.2C2H6/c1-3-12-19-20(18-13-8-6-5-7-9-14-18)17-22(23-21(19)4-2)24-15-10-11-16-24;2*1-2/h3-4,12,17-18H,1,5-11,13-16H2,2H3;2*1-2H3/b19-12-,21-4+;;. The highest BCUT2D eigenvalue weighted by Crippen LogP contribution is 2.30. The number of hydrogen-bond donors (Lipinski definition) is 0. The molecule has 1 saturated heterocycles. The van der Waals surface area contributed by atoms with Crippen LogP contribution in [0.3, 0.4) is 0 Å². The Morgan fingerprint density at radius 3 is 2.04 bits per heavy atom. The molecule has 158 valence electrons. The maximum atomic E-state index is 4.98. The molecule has 0 spiro atoms. The van der Waals surface area contributed by atoms with Crippen molar-refractivity contribution < 1.29 is 0 Å². The average Bonchev–Trinajstić information content (AvgIpc) is 3.26. The molecule has 2 heteroatoms. The normalized spacial score (nSPS) is 19.1. The van der Waals surface area contributed by atoms with Crippen molar-refractivity contribution >= 4 is 18.0 Å². The minimum absolute atomic E-state index is 0.680. The van der Waals surface area contributed by atoms with Gasteiger partial charge in [0, 0.05) is 18.3 Å². The second-order valence-electron chi connectivity index (χ2n) is 7.30. The van der Waals surface area contributed by atoms with Crippen LogP contribution in [0, 0.1) is 0 Å². The lowest BCUT2D eigenvalue weighted by Crippen LogP contribution is -2.35. The van der Waals surface area contributed by atoms with Crippen molar-refractivity contribution in [2.24, 2.45) is 0 Å². The third-order valence-electron chi connectivity index (χ3n) is 5.64. The van der Waals surface area contributed by atoms with Crippen molar-refractivity contribution in [3.05, 3.63) is 34.9 Å². The molecule has 2 fully saturated rings. The van der Waals surface area contributed by atoms with E-state index in [2.05, 4.69) is 36.6 Å². The Labute approximate surface area is 174 Å². The predicted octanol–water partition coefficient (Wildman–Crippen LogP) is 6.33. The summed E-state index contributed by atoms with van der Waals surface area (Å²) in [4.78, 5) is 7.45. The number of allylic oxidation sites excluding steroid dienone is 1. The average molecular weight is 385 g/mol. The van der Waals surface area contributed by atoms with Crippen LogP contribution in [0.1, 0.15) is 104 Å². The van der Waals surface area contributed by atoms with Gasteiger partial charge in [-0.3, -0.25) is 0 Å². The molecule has 2 heterocycles. The second kappa shape index (κ2) is 14.4. The lowest BCUT2D eigenvalue weighted by atomic mass is 9.85. The van der Waals surface area contributed by atoms with Gasteiger partial charge in [0.05, 0.1) is 5.35 Å². The summed E-state index contributed by atoms with van der Waals surface area (Å²) in [5.74, 6) is 1.87. The number of nitrogens with zero attached hydrogens (tertiary/aromatic N) is 2. The molecule has 2 nitrogen and oxygen atoms in total. The highest BCUT2D eigenvalue weighted by molar-refractivity contribution is 5.49. The summed E-state index contributed by atoms with van der Waals surface area (Å²) < 4.78 is 0. The van der Waals surface area contributed by atoms with E-state index in [-0.39, 0.29) is 0 Å². The fraction of sp³-hybridized carbons (Fsp3) is 0.654. The first-order valence-electron chi connectivity index (χ1n) is 11.9. The van der Waals surface area contributed by atoms with Crippen molar-refractivity contribution in [3.63, 3.8) is 0 Å². The van der Waals surface area contributed by atoms with E-state index in [1.165, 1.54) is 74.4 Å². The molecule has 0 radical (unpaired) electrons. The molecule has 0 amide bonds.